The summed E-state index contributed by atoms with van der Waals surface area (Å²) in [5.41, 5.74) is 2.10. The summed E-state index contributed by atoms with van der Waals surface area (Å²) in [5, 5.41) is 8.36. The van der Waals surface area contributed by atoms with Crippen molar-refractivity contribution in [2.45, 2.75) is 17.1 Å². The van der Waals surface area contributed by atoms with Gasteiger partial charge in [0.05, 0.1) is 5.25 Å². The molecule has 0 aromatic heterocycles. The summed E-state index contributed by atoms with van der Waals surface area (Å²) >= 11 is 7.29. The third-order valence-electron chi connectivity index (χ3n) is 5.60. The molecule has 0 saturated carbocycles. The fourth-order valence-corrected chi connectivity index (χ4v) is 4.60. The highest BCUT2D eigenvalue weighted by molar-refractivity contribution is 8.00. The molecular weight excluding hydrogens is 549 g/mol. The summed E-state index contributed by atoms with van der Waals surface area (Å²) in [4.78, 5) is 39.5. The Morgan fingerprint density at radius 3 is 2.23 bits per heavy atom. The molecule has 0 bridgehead atoms. The Labute approximate surface area is 240 Å². The van der Waals surface area contributed by atoms with Gasteiger partial charge in [0.15, 0.2) is 0 Å². The van der Waals surface area contributed by atoms with Gasteiger partial charge in [-0.15, -0.1) is 11.8 Å². The zero-order valence-corrected chi connectivity index (χ0v) is 22.9. The van der Waals surface area contributed by atoms with Gasteiger partial charge in [-0.2, -0.15) is 0 Å². The molecule has 4 rings (SSSR count). The van der Waals surface area contributed by atoms with Crippen LogP contribution in [0, 0.1) is 5.82 Å². The Hall–Kier alpha value is -4.40. The van der Waals surface area contributed by atoms with Crippen LogP contribution in [0.25, 0.3) is 6.08 Å². The fraction of sp³-hybridized carbons (Fsp3) is 0.0645. The predicted octanol–water partition coefficient (Wildman–Crippen LogP) is 7.01. The molecule has 0 aliphatic carbocycles. The number of anilines is 2. The summed E-state index contributed by atoms with van der Waals surface area (Å²) in [5.74, 6) is -1.59. The molecule has 4 aromatic rings. The van der Waals surface area contributed by atoms with Gasteiger partial charge in [0.25, 0.3) is 11.8 Å². The molecule has 1 atom stereocenters. The van der Waals surface area contributed by atoms with Crippen LogP contribution in [0.2, 0.25) is 5.02 Å². The first-order valence-electron chi connectivity index (χ1n) is 12.2. The van der Waals surface area contributed by atoms with Gasteiger partial charge in [-0.1, -0.05) is 48.0 Å². The van der Waals surface area contributed by atoms with Gasteiger partial charge in [-0.3, -0.25) is 14.4 Å². The normalized spacial score (nSPS) is 11.8. The molecular formula is C31H25ClFN3O3S. The van der Waals surface area contributed by atoms with E-state index in [1.807, 2.05) is 6.07 Å². The highest BCUT2D eigenvalue weighted by atomic mass is 35.5. The Morgan fingerprint density at radius 1 is 0.825 bits per heavy atom. The third-order valence-corrected chi connectivity index (χ3v) is 6.94. The molecule has 1 unspecified atom stereocenters. The molecule has 3 amide bonds. The van der Waals surface area contributed by atoms with Crippen LogP contribution in [0.5, 0.6) is 0 Å². The molecule has 0 saturated heterocycles. The molecule has 202 valence electrons. The largest absolute Gasteiger partial charge is 0.325 e. The number of halogens is 2. The maximum absolute atomic E-state index is 13.3. The van der Waals surface area contributed by atoms with Crippen LogP contribution in [0.3, 0.4) is 0 Å². The number of amides is 3. The van der Waals surface area contributed by atoms with E-state index in [-0.39, 0.29) is 17.4 Å². The Balaban J connectivity index is 1.47. The summed E-state index contributed by atoms with van der Waals surface area (Å²) < 4.78 is 13.1. The van der Waals surface area contributed by atoms with Crippen molar-refractivity contribution in [1.29, 1.82) is 0 Å². The lowest BCUT2D eigenvalue weighted by atomic mass is 10.1. The van der Waals surface area contributed by atoms with Crippen LogP contribution in [0.15, 0.2) is 114 Å². The molecule has 0 spiro atoms. The van der Waals surface area contributed by atoms with E-state index < -0.39 is 17.1 Å². The monoisotopic (exact) mass is 573 g/mol. The number of nitrogens with one attached hydrogen (secondary N) is 3. The van der Waals surface area contributed by atoms with Crippen molar-refractivity contribution in [2.75, 3.05) is 10.6 Å². The zero-order valence-electron chi connectivity index (χ0n) is 21.4. The maximum atomic E-state index is 13.3. The zero-order chi connectivity index (χ0) is 28.5. The minimum absolute atomic E-state index is 0.0428. The first-order valence-corrected chi connectivity index (χ1v) is 13.5. The number of benzene rings is 4. The van der Waals surface area contributed by atoms with E-state index in [9.17, 15) is 18.8 Å². The molecule has 0 aliphatic rings. The summed E-state index contributed by atoms with van der Waals surface area (Å²) in [6.07, 6.45) is 1.56. The number of rotatable bonds is 9. The van der Waals surface area contributed by atoms with Gasteiger partial charge in [-0.25, -0.2) is 4.39 Å². The SMILES string of the molecule is CC(Sc1cccc(NC(=O)/C(=C/c2ccc(Cl)cc2)NC(=O)c2ccccc2)c1)C(=O)Nc1ccc(F)cc1. The average molecular weight is 574 g/mol. The first kappa shape index (κ1) is 28.6. The molecule has 6 nitrogen and oxygen atoms in total. The van der Waals surface area contributed by atoms with Gasteiger partial charge >= 0.3 is 0 Å². The summed E-state index contributed by atoms with van der Waals surface area (Å²) in [6, 6.07) is 28.0. The molecule has 0 radical (unpaired) electrons. The lowest BCUT2D eigenvalue weighted by molar-refractivity contribution is -0.115. The molecule has 0 aliphatic heterocycles. The third kappa shape index (κ3) is 8.30. The van der Waals surface area contributed by atoms with Gasteiger partial charge in [0, 0.05) is 26.9 Å². The van der Waals surface area contributed by atoms with E-state index in [0.29, 0.717) is 27.5 Å². The van der Waals surface area contributed by atoms with E-state index >= 15 is 0 Å². The van der Waals surface area contributed by atoms with Crippen molar-refractivity contribution in [3.63, 3.8) is 0 Å². The van der Waals surface area contributed by atoms with Crippen LogP contribution in [-0.4, -0.2) is 23.0 Å². The number of thioether (sulfide) groups is 1. The minimum atomic E-state index is -0.525. The summed E-state index contributed by atoms with van der Waals surface area (Å²) in [7, 11) is 0. The van der Waals surface area contributed by atoms with E-state index in [0.717, 1.165) is 4.90 Å². The van der Waals surface area contributed by atoms with Gasteiger partial charge in [0.1, 0.15) is 11.5 Å². The molecule has 9 heteroatoms. The first-order chi connectivity index (χ1) is 19.3. The van der Waals surface area contributed by atoms with Crippen molar-refractivity contribution >= 4 is 58.5 Å². The Kier molecular flexibility index (Phi) is 9.72. The van der Waals surface area contributed by atoms with E-state index in [1.54, 1.807) is 85.8 Å². The predicted molar refractivity (Wildman–Crippen MR) is 159 cm³/mol. The van der Waals surface area contributed by atoms with Crippen LogP contribution < -0.4 is 16.0 Å². The molecule has 0 heterocycles. The second kappa shape index (κ2) is 13.6. The average Bonchev–Trinajstić information content (AvgIpc) is 2.95. The second-order valence-corrected chi connectivity index (χ2v) is 10.5. The number of carbonyl (C=O) groups excluding carboxylic acids is 3. The van der Waals surface area contributed by atoms with E-state index in [2.05, 4.69) is 16.0 Å². The molecule has 40 heavy (non-hydrogen) atoms. The smallest absolute Gasteiger partial charge is 0.272 e. The molecule has 0 fully saturated rings. The second-order valence-electron chi connectivity index (χ2n) is 8.67. The van der Waals surface area contributed by atoms with Crippen molar-refractivity contribution in [3.05, 3.63) is 131 Å². The quantitative estimate of drug-likeness (QED) is 0.148. The van der Waals surface area contributed by atoms with Crippen LogP contribution in [-0.2, 0) is 9.59 Å². The molecule has 3 N–H and O–H groups in total. The number of carbonyl (C=O) groups is 3. The van der Waals surface area contributed by atoms with Gasteiger partial charge in [0.2, 0.25) is 5.91 Å². The van der Waals surface area contributed by atoms with Crippen LogP contribution >= 0.6 is 23.4 Å². The van der Waals surface area contributed by atoms with Crippen LogP contribution in [0.1, 0.15) is 22.8 Å². The maximum Gasteiger partial charge on any atom is 0.272 e. The number of hydrogen-bond donors (Lipinski definition) is 3. The van der Waals surface area contributed by atoms with Crippen molar-refractivity contribution in [3.8, 4) is 0 Å². The van der Waals surface area contributed by atoms with Crippen LogP contribution in [0.4, 0.5) is 15.8 Å². The highest BCUT2D eigenvalue weighted by Gasteiger charge is 2.17. The van der Waals surface area contributed by atoms with Gasteiger partial charge in [-0.05, 0) is 85.3 Å². The Morgan fingerprint density at radius 2 is 1.52 bits per heavy atom. The van der Waals surface area contributed by atoms with E-state index in [1.165, 1.54) is 36.0 Å². The van der Waals surface area contributed by atoms with Gasteiger partial charge < -0.3 is 16.0 Å². The Bertz CT molecular complexity index is 1530. The topological polar surface area (TPSA) is 87.3 Å². The standard InChI is InChI=1S/C31H25ClFN3O3S/c1-20(29(37)34-25-16-14-24(33)15-17-25)40-27-9-5-8-26(19-27)35-31(39)28(18-21-10-12-23(32)13-11-21)36-30(38)22-6-3-2-4-7-22/h2-20H,1H3,(H,34,37)(H,35,39)(H,36,38)/b28-18-. The van der Waals surface area contributed by atoms with Crippen molar-refractivity contribution < 1.29 is 18.8 Å². The van der Waals surface area contributed by atoms with Crippen molar-refractivity contribution in [2.24, 2.45) is 0 Å². The lowest BCUT2D eigenvalue weighted by Gasteiger charge is -2.14. The van der Waals surface area contributed by atoms with Crippen molar-refractivity contribution in [1.82, 2.24) is 5.32 Å². The van der Waals surface area contributed by atoms with E-state index in [4.69, 9.17) is 11.6 Å². The number of hydrogen-bond acceptors (Lipinski definition) is 4. The summed E-state index contributed by atoms with van der Waals surface area (Å²) in [6.45, 7) is 1.75. The fourth-order valence-electron chi connectivity index (χ4n) is 3.55. The lowest BCUT2D eigenvalue weighted by Crippen LogP contribution is -2.30. The minimum Gasteiger partial charge on any atom is -0.325 e. The highest BCUT2D eigenvalue weighted by Crippen LogP contribution is 2.27. The molecule has 4 aromatic carbocycles.